The van der Waals surface area contributed by atoms with Crippen LogP contribution in [0.25, 0.3) is 0 Å². The monoisotopic (exact) mass is 424 g/mol. The van der Waals surface area contributed by atoms with Gasteiger partial charge in [0, 0.05) is 29.0 Å². The Labute approximate surface area is 167 Å². The number of rotatable bonds is 11. The quantitative estimate of drug-likeness (QED) is 0.316. The van der Waals surface area contributed by atoms with Gasteiger partial charge in [-0.3, -0.25) is 4.79 Å². The smallest absolute Gasteiger partial charge is 0.243 e. The third-order valence-corrected chi connectivity index (χ3v) is 6.38. The number of hydrogen-bond acceptors (Lipinski definition) is 2. The Morgan fingerprint density at radius 1 is 1.31 bits per heavy atom. The van der Waals surface area contributed by atoms with Crippen molar-refractivity contribution < 1.29 is 9.28 Å². The highest BCUT2D eigenvalue weighted by molar-refractivity contribution is 9.10. The van der Waals surface area contributed by atoms with Gasteiger partial charge in [0.1, 0.15) is 0 Å². The molecule has 0 saturated carbocycles. The molecule has 26 heavy (non-hydrogen) atoms. The zero-order valence-corrected chi connectivity index (χ0v) is 18.3. The number of anilines is 1. The number of nitrogens with two attached hydrogens (primary N) is 1. The Balaban J connectivity index is 2.68. The van der Waals surface area contributed by atoms with Crippen LogP contribution in [-0.2, 0) is 11.2 Å². The van der Waals surface area contributed by atoms with Crippen molar-refractivity contribution in [2.24, 2.45) is 0 Å². The van der Waals surface area contributed by atoms with Gasteiger partial charge in [0.2, 0.25) is 5.91 Å². The Morgan fingerprint density at radius 2 is 1.96 bits per heavy atom. The number of halogens is 1. The van der Waals surface area contributed by atoms with Gasteiger partial charge in [0.05, 0.1) is 25.7 Å². The van der Waals surface area contributed by atoms with Gasteiger partial charge in [-0.05, 0) is 73.8 Å². The van der Waals surface area contributed by atoms with Crippen LogP contribution in [0.3, 0.4) is 0 Å². The maximum atomic E-state index is 11.5. The summed E-state index contributed by atoms with van der Waals surface area (Å²) in [6.45, 7) is 15.8. The second-order valence-corrected chi connectivity index (χ2v) is 8.07. The summed E-state index contributed by atoms with van der Waals surface area (Å²) in [7, 11) is 0. The molecule has 2 atom stereocenters. The largest absolute Gasteiger partial charge is 0.398 e. The molecule has 0 bridgehead atoms. The highest BCUT2D eigenvalue weighted by Gasteiger charge is 2.30. The molecule has 1 aromatic rings. The van der Waals surface area contributed by atoms with E-state index in [9.17, 15) is 4.79 Å². The molecule has 5 heteroatoms. The predicted molar refractivity (Wildman–Crippen MR) is 115 cm³/mol. The molecule has 1 amide bonds. The minimum absolute atomic E-state index is 0.0921. The van der Waals surface area contributed by atoms with Gasteiger partial charge in [-0.25, -0.2) is 0 Å². The van der Waals surface area contributed by atoms with Gasteiger partial charge in [-0.15, -0.1) is 0 Å². The number of amides is 1. The van der Waals surface area contributed by atoms with Gasteiger partial charge in [-0.1, -0.05) is 12.6 Å². The summed E-state index contributed by atoms with van der Waals surface area (Å²) in [6.07, 6.45) is 4.48. The molecule has 0 radical (unpaired) electrons. The molecule has 1 aromatic carbocycles. The van der Waals surface area contributed by atoms with E-state index in [1.807, 2.05) is 6.07 Å². The van der Waals surface area contributed by atoms with Crippen LogP contribution < -0.4 is 11.1 Å². The highest BCUT2D eigenvalue weighted by atomic mass is 79.9. The number of carbonyl (C=O) groups excluding carboxylic acids is 1. The van der Waals surface area contributed by atoms with Crippen LogP contribution in [0.5, 0.6) is 0 Å². The second kappa shape index (κ2) is 10.7. The number of carbonyl (C=O) groups is 1. The lowest BCUT2D eigenvalue weighted by Crippen LogP contribution is -2.55. The first-order valence-electron chi connectivity index (χ1n) is 9.60. The summed E-state index contributed by atoms with van der Waals surface area (Å²) in [6, 6.07) is 6.93. The van der Waals surface area contributed by atoms with E-state index in [1.165, 1.54) is 11.6 Å². The first-order chi connectivity index (χ1) is 12.3. The van der Waals surface area contributed by atoms with Crippen LogP contribution in [0.15, 0.2) is 35.3 Å². The SMILES string of the molecule is C=CC(=O)NC(C)CC[N+](CC)(CC)C(C)CCc1ccc(N)c(Br)c1. The van der Waals surface area contributed by atoms with Gasteiger partial charge in [0.15, 0.2) is 0 Å². The number of nitrogen functional groups attached to an aromatic ring is 1. The first-order valence-corrected chi connectivity index (χ1v) is 10.4. The lowest BCUT2D eigenvalue weighted by atomic mass is 10.0. The van der Waals surface area contributed by atoms with Gasteiger partial charge in [0.25, 0.3) is 0 Å². The molecule has 0 aliphatic heterocycles. The summed E-state index contributed by atoms with van der Waals surface area (Å²) in [5, 5.41) is 2.97. The standard InChI is InChI=1S/C21H34BrN3O/c1-6-21(26)24-16(4)13-14-25(7-2,8-3)17(5)9-10-18-11-12-20(23)19(22)15-18/h6,11-12,15-17H,1,7-10,13-14,23H2,2-5H3/p+1. The summed E-state index contributed by atoms with van der Waals surface area (Å²) < 4.78 is 2.05. The third-order valence-electron chi connectivity index (χ3n) is 5.69. The fourth-order valence-electron chi connectivity index (χ4n) is 3.58. The van der Waals surface area contributed by atoms with E-state index in [2.05, 4.69) is 67.7 Å². The number of quaternary nitrogens is 1. The summed E-state index contributed by atoms with van der Waals surface area (Å²) in [4.78, 5) is 11.5. The van der Waals surface area contributed by atoms with E-state index >= 15 is 0 Å². The number of nitrogens with one attached hydrogen (secondary N) is 1. The molecule has 2 unspecified atom stereocenters. The van der Waals surface area contributed by atoms with Gasteiger partial charge >= 0.3 is 0 Å². The minimum Gasteiger partial charge on any atom is -0.398 e. The van der Waals surface area contributed by atoms with Crippen molar-refractivity contribution in [3.05, 3.63) is 40.9 Å². The summed E-state index contributed by atoms with van der Waals surface area (Å²) in [5.74, 6) is -0.0921. The fraction of sp³-hybridized carbons (Fsp3) is 0.571. The zero-order valence-electron chi connectivity index (χ0n) is 16.7. The molecule has 0 spiro atoms. The Kier molecular flexibility index (Phi) is 9.37. The predicted octanol–water partition coefficient (Wildman–Crippen LogP) is 4.29. The van der Waals surface area contributed by atoms with E-state index in [0.29, 0.717) is 6.04 Å². The third kappa shape index (κ3) is 6.44. The Hall–Kier alpha value is -1.33. The molecule has 0 aliphatic carbocycles. The van der Waals surface area contributed by atoms with E-state index in [4.69, 9.17) is 5.73 Å². The van der Waals surface area contributed by atoms with Crippen LogP contribution >= 0.6 is 15.9 Å². The van der Waals surface area contributed by atoms with Crippen molar-refractivity contribution >= 4 is 27.5 Å². The average molecular weight is 425 g/mol. The van der Waals surface area contributed by atoms with Crippen LogP contribution in [0.1, 0.15) is 46.1 Å². The van der Waals surface area contributed by atoms with E-state index < -0.39 is 0 Å². The van der Waals surface area contributed by atoms with Crippen molar-refractivity contribution in [3.63, 3.8) is 0 Å². The molecule has 0 fully saturated rings. The van der Waals surface area contributed by atoms with Crippen molar-refractivity contribution in [1.82, 2.24) is 5.32 Å². The van der Waals surface area contributed by atoms with E-state index in [-0.39, 0.29) is 11.9 Å². The number of hydrogen-bond donors (Lipinski definition) is 2. The van der Waals surface area contributed by atoms with Crippen LogP contribution in [0.2, 0.25) is 0 Å². The molecule has 1 rings (SSSR count). The zero-order chi connectivity index (χ0) is 19.7. The maximum Gasteiger partial charge on any atom is 0.243 e. The minimum atomic E-state index is -0.0921. The maximum absolute atomic E-state index is 11.5. The van der Waals surface area contributed by atoms with Crippen molar-refractivity contribution in [2.45, 2.75) is 59.0 Å². The summed E-state index contributed by atoms with van der Waals surface area (Å²) in [5.41, 5.74) is 7.98. The normalized spacial score (nSPS) is 13.9. The average Bonchev–Trinajstić information content (AvgIpc) is 2.63. The lowest BCUT2D eigenvalue weighted by molar-refractivity contribution is -0.947. The molecule has 0 aliphatic rings. The van der Waals surface area contributed by atoms with E-state index in [0.717, 1.165) is 53.5 Å². The van der Waals surface area contributed by atoms with Crippen molar-refractivity contribution in [2.75, 3.05) is 25.4 Å². The molecule has 146 valence electrons. The van der Waals surface area contributed by atoms with Gasteiger partial charge in [-0.2, -0.15) is 0 Å². The topological polar surface area (TPSA) is 55.1 Å². The molecular weight excluding hydrogens is 390 g/mol. The fourth-order valence-corrected chi connectivity index (χ4v) is 4.01. The molecule has 0 heterocycles. The highest BCUT2D eigenvalue weighted by Crippen LogP contribution is 2.24. The van der Waals surface area contributed by atoms with Gasteiger partial charge < -0.3 is 15.5 Å². The number of nitrogens with zero attached hydrogens (tertiary/aromatic N) is 1. The summed E-state index contributed by atoms with van der Waals surface area (Å²) >= 11 is 3.52. The number of benzene rings is 1. The Morgan fingerprint density at radius 3 is 2.50 bits per heavy atom. The molecule has 4 nitrogen and oxygen atoms in total. The van der Waals surface area contributed by atoms with E-state index in [1.54, 1.807) is 0 Å². The van der Waals surface area contributed by atoms with Crippen LogP contribution in [0, 0.1) is 0 Å². The first kappa shape index (κ1) is 22.7. The lowest BCUT2D eigenvalue weighted by Gasteiger charge is -2.43. The van der Waals surface area contributed by atoms with Crippen molar-refractivity contribution in [3.8, 4) is 0 Å². The molecule has 0 aromatic heterocycles. The molecule has 3 N–H and O–H groups in total. The van der Waals surface area contributed by atoms with Crippen LogP contribution in [0.4, 0.5) is 5.69 Å². The number of aryl methyl sites for hydroxylation is 1. The molecule has 0 saturated heterocycles. The molecular formula is C21H35BrN3O+. The van der Waals surface area contributed by atoms with Crippen molar-refractivity contribution in [1.29, 1.82) is 0 Å². The second-order valence-electron chi connectivity index (χ2n) is 7.22. The Bertz CT molecular complexity index is 599. The van der Waals surface area contributed by atoms with Crippen LogP contribution in [-0.4, -0.2) is 42.1 Å².